The van der Waals surface area contributed by atoms with Gasteiger partial charge in [0.15, 0.2) is 0 Å². The van der Waals surface area contributed by atoms with E-state index in [0.29, 0.717) is 13.0 Å². The summed E-state index contributed by atoms with van der Waals surface area (Å²) in [7, 11) is 1.64. The standard InChI is InChI=1S/C17H16Cl2N2O/c1-22-14-6-7-15-16(10-14)20-9-8-17(15,19)21-11-12-2-4-13(18)5-3-12/h2-7,9-10,21H,8,11H2,1H3. The Kier molecular flexibility index (Phi) is 4.39. The van der Waals surface area contributed by atoms with Gasteiger partial charge >= 0.3 is 0 Å². The molecule has 1 unspecified atom stereocenters. The van der Waals surface area contributed by atoms with Gasteiger partial charge in [0.1, 0.15) is 10.7 Å². The molecule has 1 N–H and O–H groups in total. The fourth-order valence-electron chi connectivity index (χ4n) is 2.47. The first-order valence-corrected chi connectivity index (χ1v) is 7.76. The maximum Gasteiger partial charge on any atom is 0.126 e. The normalized spacial score (nSPS) is 19.8. The van der Waals surface area contributed by atoms with Crippen LogP contribution in [0.2, 0.25) is 5.02 Å². The van der Waals surface area contributed by atoms with Crippen molar-refractivity contribution in [1.29, 1.82) is 0 Å². The lowest BCUT2D eigenvalue weighted by Crippen LogP contribution is -2.38. The van der Waals surface area contributed by atoms with Gasteiger partial charge in [-0.2, -0.15) is 0 Å². The van der Waals surface area contributed by atoms with Gasteiger partial charge in [-0.25, -0.2) is 0 Å². The van der Waals surface area contributed by atoms with E-state index in [4.69, 9.17) is 27.9 Å². The number of benzene rings is 2. The van der Waals surface area contributed by atoms with Crippen LogP contribution in [0.3, 0.4) is 0 Å². The molecule has 0 aromatic heterocycles. The van der Waals surface area contributed by atoms with Crippen molar-refractivity contribution in [3.8, 4) is 5.75 Å². The van der Waals surface area contributed by atoms with Crippen LogP contribution in [0.15, 0.2) is 47.5 Å². The van der Waals surface area contributed by atoms with Crippen molar-refractivity contribution in [1.82, 2.24) is 5.32 Å². The monoisotopic (exact) mass is 334 g/mol. The van der Waals surface area contributed by atoms with Crippen molar-refractivity contribution in [3.63, 3.8) is 0 Å². The third kappa shape index (κ3) is 3.12. The SMILES string of the molecule is COc1ccc2c(c1)N=CCC2(Cl)NCc1ccc(Cl)cc1. The fraction of sp³-hybridized carbons (Fsp3) is 0.235. The Bertz CT molecular complexity index is 700. The molecule has 1 atom stereocenters. The molecule has 0 amide bonds. The number of nitrogens with one attached hydrogen (secondary N) is 1. The van der Waals surface area contributed by atoms with Crippen LogP contribution < -0.4 is 10.1 Å². The van der Waals surface area contributed by atoms with Crippen molar-refractivity contribution in [3.05, 3.63) is 58.6 Å². The van der Waals surface area contributed by atoms with E-state index in [9.17, 15) is 0 Å². The highest BCUT2D eigenvalue weighted by Gasteiger charge is 2.33. The minimum Gasteiger partial charge on any atom is -0.497 e. The van der Waals surface area contributed by atoms with Crippen LogP contribution in [-0.4, -0.2) is 13.3 Å². The molecule has 3 rings (SSSR count). The molecule has 3 nitrogen and oxygen atoms in total. The molecular formula is C17H16Cl2N2O. The fourth-order valence-corrected chi connectivity index (χ4v) is 2.89. The maximum absolute atomic E-state index is 6.81. The Balaban J connectivity index is 1.81. The number of ether oxygens (including phenoxy) is 1. The number of halogens is 2. The van der Waals surface area contributed by atoms with Crippen LogP contribution in [-0.2, 0) is 11.5 Å². The second-order valence-corrected chi connectivity index (χ2v) is 6.26. The molecule has 1 heterocycles. The molecular weight excluding hydrogens is 319 g/mol. The summed E-state index contributed by atoms with van der Waals surface area (Å²) in [6, 6.07) is 13.5. The molecule has 0 spiro atoms. The largest absolute Gasteiger partial charge is 0.497 e. The highest BCUT2D eigenvalue weighted by atomic mass is 35.5. The van der Waals surface area contributed by atoms with Gasteiger partial charge < -0.3 is 4.74 Å². The zero-order valence-electron chi connectivity index (χ0n) is 12.1. The maximum atomic E-state index is 6.81. The molecule has 2 aromatic carbocycles. The summed E-state index contributed by atoms with van der Waals surface area (Å²) in [6.07, 6.45) is 2.46. The van der Waals surface area contributed by atoms with E-state index in [1.54, 1.807) is 7.11 Å². The predicted octanol–water partition coefficient (Wildman–Crippen LogP) is 4.64. The molecule has 0 radical (unpaired) electrons. The number of hydrogen-bond acceptors (Lipinski definition) is 3. The van der Waals surface area contributed by atoms with Crippen molar-refractivity contribution < 1.29 is 4.74 Å². The molecule has 0 aliphatic carbocycles. The summed E-state index contributed by atoms with van der Waals surface area (Å²) in [5.41, 5.74) is 2.93. The van der Waals surface area contributed by atoms with Gasteiger partial charge in [0, 0.05) is 35.8 Å². The lowest BCUT2D eigenvalue weighted by molar-refractivity contribution is 0.413. The Morgan fingerprint density at radius 3 is 2.73 bits per heavy atom. The predicted molar refractivity (Wildman–Crippen MR) is 91.6 cm³/mol. The zero-order chi connectivity index (χ0) is 15.6. The molecule has 114 valence electrons. The molecule has 2 aromatic rings. The van der Waals surface area contributed by atoms with Gasteiger partial charge in [0.05, 0.1) is 12.8 Å². The van der Waals surface area contributed by atoms with Gasteiger partial charge in [-0.15, -0.1) is 0 Å². The van der Waals surface area contributed by atoms with Gasteiger partial charge in [-0.05, 0) is 23.8 Å². The highest BCUT2D eigenvalue weighted by Crippen LogP contribution is 2.41. The first-order valence-electron chi connectivity index (χ1n) is 7.00. The summed E-state index contributed by atoms with van der Waals surface area (Å²) >= 11 is 12.7. The molecule has 1 aliphatic heterocycles. The molecule has 0 bridgehead atoms. The Morgan fingerprint density at radius 2 is 2.00 bits per heavy atom. The van der Waals surface area contributed by atoms with E-state index in [1.807, 2.05) is 48.7 Å². The lowest BCUT2D eigenvalue weighted by Gasteiger charge is -2.31. The number of aliphatic imine (C=N–C) groups is 1. The number of rotatable bonds is 4. The van der Waals surface area contributed by atoms with Gasteiger partial charge in [-0.1, -0.05) is 41.4 Å². The summed E-state index contributed by atoms with van der Waals surface area (Å²) in [4.78, 5) is 3.75. The molecule has 22 heavy (non-hydrogen) atoms. The zero-order valence-corrected chi connectivity index (χ0v) is 13.7. The van der Waals surface area contributed by atoms with Gasteiger partial charge in [-0.3, -0.25) is 10.3 Å². The summed E-state index contributed by atoms with van der Waals surface area (Å²) in [5, 5.41) is 4.15. The van der Waals surface area contributed by atoms with Crippen LogP contribution in [0.5, 0.6) is 5.75 Å². The van der Waals surface area contributed by atoms with Crippen LogP contribution >= 0.6 is 23.2 Å². The second-order valence-electron chi connectivity index (χ2n) is 5.18. The van der Waals surface area contributed by atoms with Crippen molar-refractivity contribution in [2.24, 2.45) is 4.99 Å². The molecule has 0 saturated heterocycles. The average molecular weight is 335 g/mol. The Hall–Kier alpha value is -1.55. The van der Waals surface area contributed by atoms with Crippen LogP contribution in [0.4, 0.5) is 5.69 Å². The first-order chi connectivity index (χ1) is 10.6. The quantitative estimate of drug-likeness (QED) is 0.652. The Morgan fingerprint density at radius 1 is 1.23 bits per heavy atom. The van der Waals surface area contributed by atoms with Gasteiger partial charge in [0.2, 0.25) is 0 Å². The van der Waals surface area contributed by atoms with Crippen molar-refractivity contribution in [2.45, 2.75) is 18.0 Å². The second kappa shape index (κ2) is 6.29. The molecule has 1 aliphatic rings. The minimum absolute atomic E-state index is 0.626. The van der Waals surface area contributed by atoms with Crippen LogP contribution in [0, 0.1) is 0 Å². The van der Waals surface area contributed by atoms with E-state index < -0.39 is 5.00 Å². The number of alkyl halides is 1. The van der Waals surface area contributed by atoms with E-state index in [0.717, 1.165) is 27.6 Å². The Labute approximate surface area is 139 Å². The van der Waals surface area contributed by atoms with Gasteiger partial charge in [0.25, 0.3) is 0 Å². The van der Waals surface area contributed by atoms with E-state index in [1.165, 1.54) is 0 Å². The third-order valence-electron chi connectivity index (χ3n) is 3.72. The van der Waals surface area contributed by atoms with Crippen molar-refractivity contribution >= 4 is 35.1 Å². The summed E-state index contributed by atoms with van der Waals surface area (Å²) < 4.78 is 5.24. The number of hydrogen-bond donors (Lipinski definition) is 1. The lowest BCUT2D eigenvalue weighted by atomic mass is 9.98. The van der Waals surface area contributed by atoms with E-state index in [-0.39, 0.29) is 0 Å². The highest BCUT2D eigenvalue weighted by molar-refractivity contribution is 6.30. The summed E-state index contributed by atoms with van der Waals surface area (Å²) in [6.45, 7) is 0.653. The van der Waals surface area contributed by atoms with Crippen molar-refractivity contribution in [2.75, 3.05) is 7.11 Å². The smallest absolute Gasteiger partial charge is 0.126 e. The molecule has 0 saturated carbocycles. The van der Waals surface area contributed by atoms with E-state index >= 15 is 0 Å². The molecule has 0 fully saturated rings. The number of nitrogens with zero attached hydrogens (tertiary/aromatic N) is 1. The van der Waals surface area contributed by atoms with Crippen LogP contribution in [0.1, 0.15) is 17.5 Å². The summed E-state index contributed by atoms with van der Waals surface area (Å²) in [5.74, 6) is 0.773. The van der Waals surface area contributed by atoms with Crippen LogP contribution in [0.25, 0.3) is 0 Å². The third-order valence-corrected chi connectivity index (χ3v) is 4.46. The first kappa shape index (κ1) is 15.3. The topological polar surface area (TPSA) is 33.6 Å². The van der Waals surface area contributed by atoms with E-state index in [2.05, 4.69) is 10.3 Å². The average Bonchev–Trinajstić information content (AvgIpc) is 2.54. The minimum atomic E-state index is -0.664. The number of fused-ring (bicyclic) bond motifs is 1. The number of methoxy groups -OCH3 is 1. The molecule has 5 heteroatoms.